The maximum Gasteiger partial charge on any atom is 0.231 e. The van der Waals surface area contributed by atoms with Crippen LogP contribution < -0.4 is 15.4 Å². The van der Waals surface area contributed by atoms with Gasteiger partial charge in [0.1, 0.15) is 17.2 Å². The van der Waals surface area contributed by atoms with Gasteiger partial charge in [-0.05, 0) is 25.1 Å². The molecule has 0 atom stereocenters. The first kappa shape index (κ1) is 19.4. The summed E-state index contributed by atoms with van der Waals surface area (Å²) in [5, 5.41) is 7.50. The highest BCUT2D eigenvalue weighted by atomic mass is 16.5. The fraction of sp³-hybridized carbons (Fsp3) is 0.318. The van der Waals surface area contributed by atoms with E-state index in [1.807, 2.05) is 42.9 Å². The first-order chi connectivity index (χ1) is 15.1. The predicted octanol–water partition coefficient (Wildman–Crippen LogP) is 3.37. The molecule has 1 aliphatic heterocycles. The zero-order valence-electron chi connectivity index (χ0n) is 17.8. The summed E-state index contributed by atoms with van der Waals surface area (Å²) in [6, 6.07) is 7.95. The van der Waals surface area contributed by atoms with Crippen molar-refractivity contribution in [3.63, 3.8) is 0 Å². The number of nitrogens with one attached hydrogen (secondary N) is 2. The monoisotopic (exact) mass is 419 g/mol. The highest BCUT2D eigenvalue weighted by Crippen LogP contribution is 2.30. The van der Waals surface area contributed by atoms with Gasteiger partial charge < -0.3 is 29.2 Å². The summed E-state index contributed by atoms with van der Waals surface area (Å²) in [6.45, 7) is 4.45. The van der Waals surface area contributed by atoms with Gasteiger partial charge in [-0.25, -0.2) is 4.98 Å². The summed E-state index contributed by atoms with van der Waals surface area (Å²) >= 11 is 0. The molecule has 5 rings (SSSR count). The van der Waals surface area contributed by atoms with Crippen LogP contribution in [0.15, 0.2) is 43.0 Å². The lowest BCUT2D eigenvalue weighted by Gasteiger charge is -2.26. The summed E-state index contributed by atoms with van der Waals surface area (Å²) < 4.78 is 15.0. The molecular formula is C22H25N7O2. The number of benzene rings is 1. The lowest BCUT2D eigenvalue weighted by Crippen LogP contribution is -2.31. The topological polar surface area (TPSA) is 91.0 Å². The average molecular weight is 419 g/mol. The number of hydrogen-bond donors (Lipinski definition) is 2. The number of imidazole rings is 1. The Kier molecular flexibility index (Phi) is 4.95. The van der Waals surface area contributed by atoms with Crippen molar-refractivity contribution >= 4 is 28.5 Å². The SMILES string of the molecule is CNc1nc(Nc2ccc(-n3cnc(C)c3)c(OC)c2)nc2c1ccn2CC1COC1. The van der Waals surface area contributed by atoms with Crippen LogP contribution in [0.2, 0.25) is 0 Å². The van der Waals surface area contributed by atoms with E-state index in [1.165, 1.54) is 0 Å². The second-order valence-electron chi connectivity index (χ2n) is 7.69. The van der Waals surface area contributed by atoms with Crippen LogP contribution in [0.3, 0.4) is 0 Å². The van der Waals surface area contributed by atoms with Crippen LogP contribution in [-0.4, -0.2) is 51.5 Å². The Morgan fingerprint density at radius 3 is 2.77 bits per heavy atom. The van der Waals surface area contributed by atoms with E-state index in [0.29, 0.717) is 11.9 Å². The van der Waals surface area contributed by atoms with Crippen LogP contribution in [0.4, 0.5) is 17.5 Å². The molecule has 0 saturated carbocycles. The van der Waals surface area contributed by atoms with Crippen LogP contribution in [0.5, 0.6) is 5.75 Å². The molecule has 1 aliphatic rings. The molecule has 2 N–H and O–H groups in total. The van der Waals surface area contributed by atoms with E-state index in [-0.39, 0.29) is 0 Å². The molecule has 9 nitrogen and oxygen atoms in total. The average Bonchev–Trinajstić information content (AvgIpc) is 3.36. The third kappa shape index (κ3) is 3.68. The van der Waals surface area contributed by atoms with Crippen molar-refractivity contribution in [2.75, 3.05) is 38.0 Å². The van der Waals surface area contributed by atoms with Crippen molar-refractivity contribution < 1.29 is 9.47 Å². The molecule has 0 spiro atoms. The van der Waals surface area contributed by atoms with Crippen molar-refractivity contribution in [3.8, 4) is 11.4 Å². The quantitative estimate of drug-likeness (QED) is 0.475. The number of aromatic nitrogens is 5. The molecule has 3 aromatic heterocycles. The normalized spacial score (nSPS) is 13.9. The molecule has 0 unspecified atom stereocenters. The molecule has 31 heavy (non-hydrogen) atoms. The van der Waals surface area contributed by atoms with E-state index >= 15 is 0 Å². The molecule has 4 heterocycles. The minimum atomic E-state index is 0.523. The standard InChI is InChI=1S/C22H25N7O2/c1-14-9-29(13-24-14)18-5-4-16(8-19(18)30-3)25-22-26-20(23-2)17-6-7-28(21(17)27-22)10-15-11-31-12-15/h4-9,13,15H,10-12H2,1-3H3,(H2,23,25,26,27). The summed E-state index contributed by atoms with van der Waals surface area (Å²) in [7, 11) is 3.53. The molecule has 160 valence electrons. The molecule has 4 aromatic rings. The minimum absolute atomic E-state index is 0.523. The molecule has 0 bridgehead atoms. The smallest absolute Gasteiger partial charge is 0.231 e. The van der Waals surface area contributed by atoms with Gasteiger partial charge in [-0.2, -0.15) is 9.97 Å². The van der Waals surface area contributed by atoms with Crippen LogP contribution in [-0.2, 0) is 11.3 Å². The maximum atomic E-state index is 5.61. The van der Waals surface area contributed by atoms with Gasteiger partial charge in [0.05, 0.1) is 43.4 Å². The largest absolute Gasteiger partial charge is 0.494 e. The summed E-state index contributed by atoms with van der Waals surface area (Å²) in [5.74, 6) is 2.57. The van der Waals surface area contributed by atoms with Crippen molar-refractivity contribution in [2.45, 2.75) is 13.5 Å². The predicted molar refractivity (Wildman–Crippen MR) is 120 cm³/mol. The second-order valence-corrected chi connectivity index (χ2v) is 7.69. The first-order valence-electron chi connectivity index (χ1n) is 10.2. The Labute approximate surface area is 180 Å². The van der Waals surface area contributed by atoms with Gasteiger partial charge in [-0.15, -0.1) is 0 Å². The molecule has 0 amide bonds. The van der Waals surface area contributed by atoms with Gasteiger partial charge in [-0.1, -0.05) is 0 Å². The van der Waals surface area contributed by atoms with E-state index in [1.54, 1.807) is 13.4 Å². The van der Waals surface area contributed by atoms with Crippen LogP contribution in [0, 0.1) is 12.8 Å². The lowest BCUT2D eigenvalue weighted by molar-refractivity contribution is -0.0389. The van der Waals surface area contributed by atoms with Crippen LogP contribution >= 0.6 is 0 Å². The van der Waals surface area contributed by atoms with Gasteiger partial charge in [0.25, 0.3) is 0 Å². The summed E-state index contributed by atoms with van der Waals surface area (Å²) in [4.78, 5) is 13.7. The van der Waals surface area contributed by atoms with E-state index in [4.69, 9.17) is 14.5 Å². The number of anilines is 3. The Morgan fingerprint density at radius 2 is 2.10 bits per heavy atom. The molecule has 1 fully saturated rings. The highest BCUT2D eigenvalue weighted by Gasteiger charge is 2.21. The van der Waals surface area contributed by atoms with E-state index in [9.17, 15) is 0 Å². The van der Waals surface area contributed by atoms with E-state index in [2.05, 4.69) is 37.4 Å². The van der Waals surface area contributed by atoms with E-state index in [0.717, 1.165) is 59.4 Å². The number of rotatable bonds is 7. The molecule has 1 saturated heterocycles. The zero-order valence-corrected chi connectivity index (χ0v) is 17.8. The number of hydrogen-bond acceptors (Lipinski definition) is 7. The van der Waals surface area contributed by atoms with Gasteiger partial charge in [0.15, 0.2) is 0 Å². The third-order valence-corrected chi connectivity index (χ3v) is 5.44. The molecule has 0 radical (unpaired) electrons. The van der Waals surface area contributed by atoms with Gasteiger partial charge in [0.2, 0.25) is 5.95 Å². The van der Waals surface area contributed by atoms with Crippen molar-refractivity contribution in [3.05, 3.63) is 48.7 Å². The third-order valence-electron chi connectivity index (χ3n) is 5.44. The Morgan fingerprint density at radius 1 is 1.23 bits per heavy atom. The highest BCUT2D eigenvalue weighted by molar-refractivity contribution is 5.89. The number of methoxy groups -OCH3 is 1. The number of fused-ring (bicyclic) bond motifs is 1. The molecular weight excluding hydrogens is 394 g/mol. The molecule has 0 aliphatic carbocycles. The summed E-state index contributed by atoms with van der Waals surface area (Å²) in [5.41, 5.74) is 3.59. The van der Waals surface area contributed by atoms with Crippen molar-refractivity contribution in [2.24, 2.45) is 5.92 Å². The lowest BCUT2D eigenvalue weighted by atomic mass is 10.1. The van der Waals surface area contributed by atoms with Gasteiger partial charge >= 0.3 is 0 Å². The number of nitrogens with zero attached hydrogens (tertiary/aromatic N) is 5. The molecule has 1 aromatic carbocycles. The second kappa shape index (κ2) is 7.92. The minimum Gasteiger partial charge on any atom is -0.494 e. The number of aryl methyl sites for hydroxylation is 1. The first-order valence-corrected chi connectivity index (χ1v) is 10.2. The van der Waals surface area contributed by atoms with E-state index < -0.39 is 0 Å². The van der Waals surface area contributed by atoms with Crippen molar-refractivity contribution in [1.82, 2.24) is 24.1 Å². The summed E-state index contributed by atoms with van der Waals surface area (Å²) in [6.07, 6.45) is 5.80. The maximum absolute atomic E-state index is 5.61. The van der Waals surface area contributed by atoms with Crippen molar-refractivity contribution in [1.29, 1.82) is 0 Å². The Balaban J connectivity index is 1.47. The fourth-order valence-corrected chi connectivity index (χ4v) is 3.78. The number of ether oxygens (including phenoxy) is 2. The Hall–Kier alpha value is -3.59. The van der Waals surface area contributed by atoms with Crippen LogP contribution in [0.25, 0.3) is 16.7 Å². The van der Waals surface area contributed by atoms with Gasteiger partial charge in [0, 0.05) is 43.7 Å². The fourth-order valence-electron chi connectivity index (χ4n) is 3.78. The van der Waals surface area contributed by atoms with Crippen LogP contribution in [0.1, 0.15) is 5.69 Å². The Bertz CT molecular complexity index is 1230. The molecule has 9 heteroatoms. The van der Waals surface area contributed by atoms with Gasteiger partial charge in [-0.3, -0.25) is 0 Å². The zero-order chi connectivity index (χ0) is 21.4.